The topological polar surface area (TPSA) is 58.2 Å². The lowest BCUT2D eigenvalue weighted by atomic mass is 9.87. The molecule has 1 fully saturated rings. The molecule has 0 saturated carbocycles. The van der Waals surface area contributed by atoms with Crippen LogP contribution in [0.1, 0.15) is 11.5 Å². The smallest absolute Gasteiger partial charge is 0.237 e. The van der Waals surface area contributed by atoms with Gasteiger partial charge in [-0.15, -0.1) is 0 Å². The molecule has 4 nitrogen and oxygen atoms in total. The second-order valence-corrected chi connectivity index (χ2v) is 6.25. The van der Waals surface area contributed by atoms with E-state index in [0.717, 1.165) is 0 Å². The van der Waals surface area contributed by atoms with Crippen molar-refractivity contribution in [2.24, 2.45) is 5.92 Å². The summed E-state index contributed by atoms with van der Waals surface area (Å²) in [4.78, 5) is 24.7. The lowest BCUT2D eigenvalue weighted by Crippen LogP contribution is -2.32. The Morgan fingerprint density at radius 3 is 2.46 bits per heavy atom. The van der Waals surface area contributed by atoms with Crippen LogP contribution >= 0.6 is 23.2 Å². The maximum absolute atomic E-state index is 13.7. The Morgan fingerprint density at radius 2 is 1.79 bits per heavy atom. The van der Waals surface area contributed by atoms with Crippen molar-refractivity contribution < 1.29 is 14.0 Å². The zero-order valence-electron chi connectivity index (χ0n) is 12.4. The van der Waals surface area contributed by atoms with Crippen molar-refractivity contribution in [2.45, 2.75) is 5.92 Å². The van der Waals surface area contributed by atoms with Crippen molar-refractivity contribution in [3.05, 3.63) is 63.9 Å². The van der Waals surface area contributed by atoms with Gasteiger partial charge in [0.1, 0.15) is 11.7 Å². The first-order valence-corrected chi connectivity index (χ1v) is 8.01. The monoisotopic (exact) mass is 366 g/mol. The Kier molecular flexibility index (Phi) is 4.73. The minimum atomic E-state index is -1.04. The molecule has 2 aromatic carbocycles. The fourth-order valence-electron chi connectivity index (χ4n) is 2.83. The Labute approximate surface area is 148 Å². The van der Waals surface area contributed by atoms with Crippen LogP contribution in [-0.4, -0.2) is 18.4 Å². The van der Waals surface area contributed by atoms with Crippen molar-refractivity contribution in [1.29, 1.82) is 0 Å². The van der Waals surface area contributed by atoms with Crippen LogP contribution in [-0.2, 0) is 9.59 Å². The van der Waals surface area contributed by atoms with Crippen molar-refractivity contribution in [3.8, 4) is 0 Å². The minimum absolute atomic E-state index is 0.0196. The predicted octanol–water partition coefficient (Wildman–Crippen LogP) is 3.60. The molecule has 1 aliphatic heterocycles. The van der Waals surface area contributed by atoms with Crippen LogP contribution in [0.3, 0.4) is 0 Å². The number of rotatable bonds is 3. The number of amides is 2. The number of carbonyl (C=O) groups excluding carboxylic acids is 2. The molecule has 124 valence electrons. The standard InChI is InChI=1S/C17H13Cl2FN2O2/c18-10-4-3-5-11(19)14(10)9-8-21-16(23)15(9)17(24)22-13-7-2-1-6-12(13)20/h1-7,9,15H,8H2,(H,21,23)(H,22,24). The number of nitrogens with one attached hydrogen (secondary N) is 2. The Hall–Kier alpha value is -2.11. The highest BCUT2D eigenvalue weighted by molar-refractivity contribution is 6.36. The van der Waals surface area contributed by atoms with E-state index in [1.807, 2.05) is 0 Å². The zero-order chi connectivity index (χ0) is 17.3. The molecule has 0 aliphatic carbocycles. The summed E-state index contributed by atoms with van der Waals surface area (Å²) in [6.07, 6.45) is 0. The summed E-state index contributed by atoms with van der Waals surface area (Å²) in [5.74, 6) is -3.18. The normalized spacial score (nSPS) is 19.9. The van der Waals surface area contributed by atoms with E-state index in [1.54, 1.807) is 24.3 Å². The van der Waals surface area contributed by atoms with Gasteiger partial charge in [-0.05, 0) is 29.8 Å². The predicted molar refractivity (Wildman–Crippen MR) is 90.7 cm³/mol. The Balaban J connectivity index is 1.91. The number of para-hydroxylation sites is 1. The maximum atomic E-state index is 13.7. The molecule has 2 atom stereocenters. The van der Waals surface area contributed by atoms with E-state index in [0.29, 0.717) is 15.6 Å². The highest BCUT2D eigenvalue weighted by Crippen LogP contribution is 2.38. The minimum Gasteiger partial charge on any atom is -0.355 e. The van der Waals surface area contributed by atoms with E-state index in [1.165, 1.54) is 18.2 Å². The molecular weight excluding hydrogens is 354 g/mol. The molecule has 0 bridgehead atoms. The van der Waals surface area contributed by atoms with Gasteiger partial charge in [-0.2, -0.15) is 0 Å². The first-order valence-electron chi connectivity index (χ1n) is 7.26. The second-order valence-electron chi connectivity index (χ2n) is 5.43. The largest absolute Gasteiger partial charge is 0.355 e. The Morgan fingerprint density at radius 1 is 1.12 bits per heavy atom. The summed E-state index contributed by atoms with van der Waals surface area (Å²) in [6.45, 7) is 0.234. The molecule has 0 spiro atoms. The van der Waals surface area contributed by atoms with Crippen LogP contribution in [0.25, 0.3) is 0 Å². The van der Waals surface area contributed by atoms with Crippen LogP contribution in [0, 0.1) is 11.7 Å². The van der Waals surface area contributed by atoms with Crippen LogP contribution in [0.4, 0.5) is 10.1 Å². The molecule has 1 aliphatic rings. The fraction of sp³-hybridized carbons (Fsp3) is 0.176. The van der Waals surface area contributed by atoms with Gasteiger partial charge >= 0.3 is 0 Å². The average Bonchev–Trinajstić information content (AvgIpc) is 2.91. The molecule has 2 aromatic rings. The van der Waals surface area contributed by atoms with Crippen LogP contribution in [0.15, 0.2) is 42.5 Å². The summed E-state index contributed by atoms with van der Waals surface area (Å²) in [7, 11) is 0. The van der Waals surface area contributed by atoms with Crippen molar-refractivity contribution >= 4 is 40.7 Å². The lowest BCUT2D eigenvalue weighted by molar-refractivity contribution is -0.130. The number of halogens is 3. The van der Waals surface area contributed by atoms with Crippen molar-refractivity contribution in [2.75, 3.05) is 11.9 Å². The summed E-state index contributed by atoms with van der Waals surface area (Å²) in [5, 5.41) is 5.87. The summed E-state index contributed by atoms with van der Waals surface area (Å²) in [6, 6.07) is 10.8. The van der Waals surface area contributed by atoms with Crippen LogP contribution < -0.4 is 10.6 Å². The summed E-state index contributed by atoms with van der Waals surface area (Å²) in [5.41, 5.74) is 0.555. The SMILES string of the molecule is O=C1NCC(c2c(Cl)cccc2Cl)C1C(=O)Nc1ccccc1F. The highest BCUT2D eigenvalue weighted by Gasteiger charge is 2.42. The third-order valence-electron chi connectivity index (χ3n) is 3.97. The van der Waals surface area contributed by atoms with E-state index < -0.39 is 29.5 Å². The molecule has 24 heavy (non-hydrogen) atoms. The van der Waals surface area contributed by atoms with Crippen molar-refractivity contribution in [1.82, 2.24) is 5.32 Å². The molecule has 3 rings (SSSR count). The number of benzene rings is 2. The average molecular weight is 367 g/mol. The van der Waals surface area contributed by atoms with E-state index in [2.05, 4.69) is 10.6 Å². The zero-order valence-corrected chi connectivity index (χ0v) is 13.9. The van der Waals surface area contributed by atoms with Gasteiger partial charge in [-0.3, -0.25) is 9.59 Å². The molecule has 0 aromatic heterocycles. The molecular formula is C17H13Cl2FN2O2. The number of carbonyl (C=O) groups is 2. The van der Waals surface area contributed by atoms with Gasteiger partial charge in [-0.25, -0.2) is 4.39 Å². The third kappa shape index (κ3) is 3.09. The first kappa shape index (κ1) is 16.7. The second kappa shape index (κ2) is 6.79. The van der Waals surface area contributed by atoms with E-state index in [9.17, 15) is 14.0 Å². The van der Waals surface area contributed by atoms with Gasteiger partial charge in [0, 0.05) is 22.5 Å². The third-order valence-corrected chi connectivity index (χ3v) is 4.62. The van der Waals surface area contributed by atoms with Gasteiger partial charge < -0.3 is 10.6 Å². The van der Waals surface area contributed by atoms with Gasteiger partial charge in [-0.1, -0.05) is 41.4 Å². The molecule has 1 saturated heterocycles. The number of anilines is 1. The van der Waals surface area contributed by atoms with Gasteiger partial charge in [0.2, 0.25) is 11.8 Å². The van der Waals surface area contributed by atoms with Crippen LogP contribution in [0.2, 0.25) is 10.0 Å². The van der Waals surface area contributed by atoms with Gasteiger partial charge in [0.05, 0.1) is 5.69 Å². The van der Waals surface area contributed by atoms with Crippen LogP contribution in [0.5, 0.6) is 0 Å². The molecule has 7 heteroatoms. The lowest BCUT2D eigenvalue weighted by Gasteiger charge is -2.19. The molecule has 2 amide bonds. The fourth-order valence-corrected chi connectivity index (χ4v) is 3.51. The number of hydrogen-bond donors (Lipinski definition) is 2. The van der Waals surface area contributed by atoms with E-state index in [-0.39, 0.29) is 12.2 Å². The summed E-state index contributed by atoms with van der Waals surface area (Å²) >= 11 is 12.4. The van der Waals surface area contributed by atoms with E-state index in [4.69, 9.17) is 23.2 Å². The quantitative estimate of drug-likeness (QED) is 0.815. The van der Waals surface area contributed by atoms with Gasteiger partial charge in [0.25, 0.3) is 0 Å². The highest BCUT2D eigenvalue weighted by atomic mass is 35.5. The molecule has 2 unspecified atom stereocenters. The van der Waals surface area contributed by atoms with Gasteiger partial charge in [0.15, 0.2) is 0 Å². The Bertz CT molecular complexity index is 793. The molecule has 1 heterocycles. The molecule has 0 radical (unpaired) electrons. The molecule has 2 N–H and O–H groups in total. The maximum Gasteiger partial charge on any atom is 0.237 e. The number of hydrogen-bond acceptors (Lipinski definition) is 2. The van der Waals surface area contributed by atoms with Crippen molar-refractivity contribution in [3.63, 3.8) is 0 Å². The first-order chi connectivity index (χ1) is 11.5. The van der Waals surface area contributed by atoms with E-state index >= 15 is 0 Å². The summed E-state index contributed by atoms with van der Waals surface area (Å²) < 4.78 is 13.7.